The zero-order valence-corrected chi connectivity index (χ0v) is 44.0. The van der Waals surface area contributed by atoms with Gasteiger partial charge in [-0.15, -0.1) is 0 Å². The van der Waals surface area contributed by atoms with Crippen molar-refractivity contribution in [3.63, 3.8) is 0 Å². The van der Waals surface area contributed by atoms with Gasteiger partial charge in [-0.05, 0) is 38.5 Å². The first-order valence-electron chi connectivity index (χ1n) is 29.2. The minimum atomic E-state index is -0.767. The molecule has 0 aliphatic heterocycles. The van der Waals surface area contributed by atoms with Gasteiger partial charge in [0.15, 0.2) is 6.10 Å². The Bertz CT molecular complexity index is 1010. The third-order valence-corrected chi connectivity index (χ3v) is 13.3. The van der Waals surface area contributed by atoms with Crippen molar-refractivity contribution >= 4 is 17.9 Å². The van der Waals surface area contributed by atoms with Gasteiger partial charge in [-0.3, -0.25) is 14.4 Å². The number of allylic oxidation sites excluding steroid dienone is 2. The third-order valence-electron chi connectivity index (χ3n) is 13.3. The standard InChI is InChI=1S/C59H112O6/c1-4-7-10-13-16-19-21-22-23-24-25-26-27-28-29-30-31-32-33-34-35-36-37-38-41-43-46-49-52-58(61)64-55-56(54-63-57(60)51-48-45-42-39-18-15-12-9-6-3)65-59(62)53-50-47-44-40-20-17-14-11-8-5-2/h11,14,56H,4-10,12-13,15-55H2,1-3H3/b14-11-. The number of rotatable bonds is 54. The summed E-state index contributed by atoms with van der Waals surface area (Å²) in [4.78, 5) is 37.9. The molecule has 0 fully saturated rings. The summed E-state index contributed by atoms with van der Waals surface area (Å²) in [5.74, 6) is -0.864. The molecule has 0 rings (SSSR count). The second kappa shape index (κ2) is 54.8. The van der Waals surface area contributed by atoms with Gasteiger partial charge >= 0.3 is 17.9 Å². The molecule has 0 aromatic carbocycles. The Morgan fingerprint density at radius 3 is 0.831 bits per heavy atom. The van der Waals surface area contributed by atoms with Crippen LogP contribution in [-0.4, -0.2) is 37.2 Å². The number of esters is 3. The molecule has 1 atom stereocenters. The van der Waals surface area contributed by atoms with Gasteiger partial charge in [0.1, 0.15) is 13.2 Å². The monoisotopic (exact) mass is 917 g/mol. The first-order valence-corrected chi connectivity index (χ1v) is 29.2. The molecule has 6 nitrogen and oxygen atoms in total. The van der Waals surface area contributed by atoms with Gasteiger partial charge in [0.05, 0.1) is 0 Å². The highest BCUT2D eigenvalue weighted by Gasteiger charge is 2.19. The first kappa shape index (κ1) is 63.1. The highest BCUT2D eigenvalue weighted by molar-refractivity contribution is 5.71. The van der Waals surface area contributed by atoms with E-state index < -0.39 is 6.10 Å². The Balaban J connectivity index is 3.98. The van der Waals surface area contributed by atoms with Gasteiger partial charge in [0.25, 0.3) is 0 Å². The van der Waals surface area contributed by atoms with E-state index in [9.17, 15) is 14.4 Å². The summed E-state index contributed by atoms with van der Waals surface area (Å²) in [6.07, 6.45) is 62.5. The van der Waals surface area contributed by atoms with Crippen molar-refractivity contribution in [2.45, 2.75) is 335 Å². The minimum absolute atomic E-state index is 0.0685. The molecule has 0 saturated carbocycles. The predicted octanol–water partition coefficient (Wildman–Crippen LogP) is 19.3. The smallest absolute Gasteiger partial charge is 0.306 e. The molecular weight excluding hydrogens is 805 g/mol. The summed E-state index contributed by atoms with van der Waals surface area (Å²) < 4.78 is 16.8. The van der Waals surface area contributed by atoms with Crippen molar-refractivity contribution in [2.75, 3.05) is 13.2 Å². The van der Waals surface area contributed by atoms with Crippen LogP contribution in [0.4, 0.5) is 0 Å². The maximum Gasteiger partial charge on any atom is 0.306 e. The SMILES string of the molecule is CCC/C=C\CCCCCCCC(=O)OC(COC(=O)CCCCCCCCCCC)COC(=O)CCCCCCCCCCCCCCCCCCCCCCCCCCCCCC. The van der Waals surface area contributed by atoms with Crippen LogP contribution in [0.1, 0.15) is 329 Å². The number of ether oxygens (including phenoxy) is 3. The maximum absolute atomic E-state index is 12.7. The lowest BCUT2D eigenvalue weighted by atomic mass is 10.0. The summed E-state index contributed by atoms with van der Waals surface area (Å²) in [5.41, 5.74) is 0. The largest absolute Gasteiger partial charge is 0.462 e. The lowest BCUT2D eigenvalue weighted by molar-refractivity contribution is -0.167. The van der Waals surface area contributed by atoms with Crippen molar-refractivity contribution in [2.24, 2.45) is 0 Å². The summed E-state index contributed by atoms with van der Waals surface area (Å²) in [6.45, 7) is 6.60. The van der Waals surface area contributed by atoms with E-state index in [1.54, 1.807) is 0 Å². The molecule has 0 radical (unpaired) electrons. The Labute approximate surface area is 405 Å². The maximum atomic E-state index is 12.7. The Morgan fingerprint density at radius 2 is 0.538 bits per heavy atom. The van der Waals surface area contributed by atoms with E-state index in [-0.39, 0.29) is 31.1 Å². The number of unbranched alkanes of at least 4 members (excludes halogenated alkanes) is 41. The van der Waals surface area contributed by atoms with Crippen molar-refractivity contribution in [1.82, 2.24) is 0 Å². The zero-order valence-electron chi connectivity index (χ0n) is 44.0. The average Bonchev–Trinajstić information content (AvgIpc) is 3.30. The molecule has 1 unspecified atom stereocenters. The molecule has 0 amide bonds. The van der Waals surface area contributed by atoms with Crippen LogP contribution in [0.2, 0.25) is 0 Å². The van der Waals surface area contributed by atoms with Crippen molar-refractivity contribution in [3.05, 3.63) is 12.2 Å². The van der Waals surface area contributed by atoms with Gasteiger partial charge in [-0.25, -0.2) is 0 Å². The molecule has 6 heteroatoms. The molecule has 0 aliphatic carbocycles. The Hall–Kier alpha value is -1.85. The number of hydrogen-bond donors (Lipinski definition) is 0. The summed E-state index contributed by atoms with van der Waals surface area (Å²) in [5, 5.41) is 0. The lowest BCUT2D eigenvalue weighted by Gasteiger charge is -2.18. The van der Waals surface area contributed by atoms with Crippen LogP contribution in [0.3, 0.4) is 0 Å². The molecule has 384 valence electrons. The Kier molecular flexibility index (Phi) is 53.2. The van der Waals surface area contributed by atoms with E-state index in [0.717, 1.165) is 70.6 Å². The van der Waals surface area contributed by atoms with Crippen molar-refractivity contribution < 1.29 is 28.6 Å². The van der Waals surface area contributed by atoms with Crippen LogP contribution < -0.4 is 0 Å². The topological polar surface area (TPSA) is 78.9 Å². The van der Waals surface area contributed by atoms with Gasteiger partial charge in [0, 0.05) is 19.3 Å². The zero-order chi connectivity index (χ0) is 47.2. The van der Waals surface area contributed by atoms with Gasteiger partial charge in [-0.1, -0.05) is 283 Å². The van der Waals surface area contributed by atoms with Crippen molar-refractivity contribution in [1.29, 1.82) is 0 Å². The summed E-state index contributed by atoms with van der Waals surface area (Å²) in [7, 11) is 0. The molecule has 0 bridgehead atoms. The third kappa shape index (κ3) is 53.0. The van der Waals surface area contributed by atoms with Crippen LogP contribution in [-0.2, 0) is 28.6 Å². The Morgan fingerprint density at radius 1 is 0.292 bits per heavy atom. The van der Waals surface area contributed by atoms with Crippen LogP contribution in [0.15, 0.2) is 12.2 Å². The van der Waals surface area contributed by atoms with E-state index in [0.29, 0.717) is 19.3 Å². The van der Waals surface area contributed by atoms with E-state index in [1.165, 1.54) is 218 Å². The molecule has 0 heterocycles. The molecule has 0 aromatic heterocycles. The summed E-state index contributed by atoms with van der Waals surface area (Å²) in [6, 6.07) is 0. The molecule has 0 saturated heterocycles. The second-order valence-corrected chi connectivity index (χ2v) is 19.9. The molecule has 0 aromatic rings. The van der Waals surface area contributed by atoms with E-state index in [1.807, 2.05) is 0 Å². The normalized spacial score (nSPS) is 12.0. The van der Waals surface area contributed by atoms with Crippen molar-refractivity contribution in [3.8, 4) is 0 Å². The van der Waals surface area contributed by atoms with Crippen LogP contribution in [0.25, 0.3) is 0 Å². The van der Waals surface area contributed by atoms with Gasteiger partial charge in [0.2, 0.25) is 0 Å². The fourth-order valence-corrected chi connectivity index (χ4v) is 8.86. The van der Waals surface area contributed by atoms with E-state index in [2.05, 4.69) is 32.9 Å². The molecule has 0 N–H and O–H groups in total. The number of carbonyl (C=O) groups excluding carboxylic acids is 3. The fraction of sp³-hybridized carbons (Fsp3) is 0.915. The molecule has 65 heavy (non-hydrogen) atoms. The highest BCUT2D eigenvalue weighted by atomic mass is 16.6. The molecule has 0 aliphatic rings. The predicted molar refractivity (Wildman–Crippen MR) is 280 cm³/mol. The minimum Gasteiger partial charge on any atom is -0.462 e. The molecule has 0 spiro atoms. The quantitative estimate of drug-likeness (QED) is 0.0262. The highest BCUT2D eigenvalue weighted by Crippen LogP contribution is 2.18. The second-order valence-electron chi connectivity index (χ2n) is 19.9. The fourth-order valence-electron chi connectivity index (χ4n) is 8.86. The van der Waals surface area contributed by atoms with E-state index >= 15 is 0 Å². The average molecular weight is 918 g/mol. The summed E-state index contributed by atoms with van der Waals surface area (Å²) >= 11 is 0. The lowest BCUT2D eigenvalue weighted by Crippen LogP contribution is -2.30. The number of carbonyl (C=O) groups is 3. The van der Waals surface area contributed by atoms with Crippen LogP contribution in [0.5, 0.6) is 0 Å². The van der Waals surface area contributed by atoms with Gasteiger partial charge < -0.3 is 14.2 Å². The van der Waals surface area contributed by atoms with Gasteiger partial charge in [-0.2, -0.15) is 0 Å². The van der Waals surface area contributed by atoms with E-state index in [4.69, 9.17) is 14.2 Å². The first-order chi connectivity index (χ1) is 32.0. The number of hydrogen-bond acceptors (Lipinski definition) is 6. The van der Waals surface area contributed by atoms with Crippen LogP contribution in [0, 0.1) is 0 Å². The van der Waals surface area contributed by atoms with Crippen LogP contribution >= 0.6 is 0 Å². The molecular formula is C59H112O6.